The highest BCUT2D eigenvalue weighted by Gasteiger charge is 2.51. The number of carbonyl (C=O) groups is 2. The number of hydrazine groups is 1. The van der Waals surface area contributed by atoms with Crippen LogP contribution in [-0.2, 0) is 15.0 Å². The molecule has 1 aliphatic rings. The largest absolute Gasteiger partial charge is 0.481 e. The van der Waals surface area contributed by atoms with Crippen molar-refractivity contribution in [3.8, 4) is 5.75 Å². The zero-order chi connectivity index (χ0) is 18.7. The Hall–Kier alpha value is -2.96. The van der Waals surface area contributed by atoms with E-state index in [2.05, 4.69) is 10.9 Å². The second-order valence-corrected chi connectivity index (χ2v) is 6.25. The third kappa shape index (κ3) is 3.82. The predicted octanol–water partition coefficient (Wildman–Crippen LogP) is 2.61. The van der Waals surface area contributed by atoms with E-state index in [1.54, 1.807) is 12.1 Å². The lowest BCUT2D eigenvalue weighted by atomic mass is 9.95. The molecule has 0 bridgehead atoms. The van der Waals surface area contributed by atoms with E-state index < -0.39 is 23.2 Å². The summed E-state index contributed by atoms with van der Waals surface area (Å²) in [5, 5.41) is 0. The van der Waals surface area contributed by atoms with Crippen LogP contribution in [-0.4, -0.2) is 17.9 Å². The molecule has 3 rings (SSSR count). The van der Waals surface area contributed by atoms with Crippen molar-refractivity contribution >= 4 is 11.8 Å². The molecule has 2 amide bonds. The second-order valence-electron chi connectivity index (χ2n) is 6.25. The summed E-state index contributed by atoms with van der Waals surface area (Å²) < 4.78 is 31.3. The fraction of sp³-hybridized carbons (Fsp3) is 0.263. The maximum atomic E-state index is 13.0. The Kier molecular flexibility index (Phi) is 4.88. The molecule has 1 aliphatic carbocycles. The van der Waals surface area contributed by atoms with E-state index in [1.807, 2.05) is 0 Å². The summed E-state index contributed by atoms with van der Waals surface area (Å²) >= 11 is 0. The Bertz CT molecular complexity index is 803. The number of benzene rings is 2. The van der Waals surface area contributed by atoms with Gasteiger partial charge in [0.05, 0.1) is 5.41 Å². The number of rotatable bonds is 5. The SMILES string of the molecule is CC(Oc1ccc(F)cc1)C(=O)NNC(=O)C1(c2ccc(F)cc2)CC1. The van der Waals surface area contributed by atoms with Crippen molar-refractivity contribution in [2.75, 3.05) is 0 Å². The Labute approximate surface area is 149 Å². The highest BCUT2D eigenvalue weighted by atomic mass is 19.1. The molecule has 1 saturated carbocycles. The number of hydrogen-bond acceptors (Lipinski definition) is 3. The third-order valence-electron chi connectivity index (χ3n) is 4.38. The van der Waals surface area contributed by atoms with Gasteiger partial charge in [0, 0.05) is 0 Å². The van der Waals surface area contributed by atoms with Crippen LogP contribution in [0.5, 0.6) is 5.75 Å². The molecule has 5 nitrogen and oxygen atoms in total. The summed E-state index contributed by atoms with van der Waals surface area (Å²) in [7, 11) is 0. The molecule has 1 atom stereocenters. The standard InChI is InChI=1S/C19H18F2N2O3/c1-12(26-16-8-6-15(21)7-9-16)17(24)22-23-18(25)19(10-11-19)13-2-4-14(20)5-3-13/h2-9,12H,10-11H2,1H3,(H,22,24)(H,23,25). The van der Waals surface area contributed by atoms with Gasteiger partial charge in [-0.15, -0.1) is 0 Å². The number of amides is 2. The quantitative estimate of drug-likeness (QED) is 0.806. The lowest BCUT2D eigenvalue weighted by molar-refractivity contribution is -0.133. The molecule has 1 fully saturated rings. The van der Waals surface area contributed by atoms with Crippen LogP contribution in [0.15, 0.2) is 48.5 Å². The van der Waals surface area contributed by atoms with Gasteiger partial charge in [0.25, 0.3) is 5.91 Å². The minimum absolute atomic E-state index is 0.338. The van der Waals surface area contributed by atoms with Gasteiger partial charge >= 0.3 is 0 Å². The normalized spacial score (nSPS) is 15.7. The molecule has 7 heteroatoms. The first-order chi connectivity index (χ1) is 12.4. The third-order valence-corrected chi connectivity index (χ3v) is 4.38. The van der Waals surface area contributed by atoms with Gasteiger partial charge in [-0.25, -0.2) is 8.78 Å². The zero-order valence-electron chi connectivity index (χ0n) is 14.1. The van der Waals surface area contributed by atoms with Crippen molar-refractivity contribution in [1.29, 1.82) is 0 Å². The smallest absolute Gasteiger partial charge is 0.279 e. The van der Waals surface area contributed by atoms with E-state index in [1.165, 1.54) is 43.3 Å². The summed E-state index contributed by atoms with van der Waals surface area (Å²) in [5.74, 6) is -1.34. The molecule has 2 N–H and O–H groups in total. The average Bonchev–Trinajstić information content (AvgIpc) is 3.43. The molecule has 0 spiro atoms. The van der Waals surface area contributed by atoms with Gasteiger partial charge < -0.3 is 4.74 Å². The molecule has 0 aliphatic heterocycles. The van der Waals surface area contributed by atoms with Crippen molar-refractivity contribution in [1.82, 2.24) is 10.9 Å². The van der Waals surface area contributed by atoms with Crippen molar-refractivity contribution < 1.29 is 23.1 Å². The van der Waals surface area contributed by atoms with E-state index in [0.29, 0.717) is 24.2 Å². The molecular formula is C19H18F2N2O3. The molecule has 136 valence electrons. The van der Waals surface area contributed by atoms with Crippen molar-refractivity contribution in [3.05, 3.63) is 65.7 Å². The van der Waals surface area contributed by atoms with Gasteiger partial charge in [-0.2, -0.15) is 0 Å². The average molecular weight is 360 g/mol. The zero-order valence-corrected chi connectivity index (χ0v) is 14.1. The van der Waals surface area contributed by atoms with Crippen LogP contribution in [0.3, 0.4) is 0 Å². The summed E-state index contributed by atoms with van der Waals surface area (Å²) in [5.41, 5.74) is 4.71. The van der Waals surface area contributed by atoms with E-state index in [4.69, 9.17) is 4.74 Å². The number of hydrogen-bond donors (Lipinski definition) is 2. The molecule has 0 heterocycles. The van der Waals surface area contributed by atoms with E-state index in [9.17, 15) is 18.4 Å². The van der Waals surface area contributed by atoms with Gasteiger partial charge in [0.2, 0.25) is 5.91 Å². The fourth-order valence-electron chi connectivity index (χ4n) is 2.65. The lowest BCUT2D eigenvalue weighted by Gasteiger charge is -2.18. The highest BCUT2D eigenvalue weighted by Crippen LogP contribution is 2.48. The Morgan fingerprint density at radius 2 is 1.50 bits per heavy atom. The molecule has 26 heavy (non-hydrogen) atoms. The molecule has 0 saturated heterocycles. The molecular weight excluding hydrogens is 342 g/mol. The van der Waals surface area contributed by atoms with Crippen molar-refractivity contribution in [2.45, 2.75) is 31.3 Å². The van der Waals surface area contributed by atoms with Crippen LogP contribution in [0.4, 0.5) is 8.78 Å². The summed E-state index contributed by atoms with van der Waals surface area (Å²) in [6, 6.07) is 11.0. The van der Waals surface area contributed by atoms with Crippen molar-refractivity contribution in [3.63, 3.8) is 0 Å². The van der Waals surface area contributed by atoms with Gasteiger partial charge in [-0.3, -0.25) is 20.4 Å². The lowest BCUT2D eigenvalue weighted by Crippen LogP contribution is -2.50. The summed E-state index contributed by atoms with van der Waals surface area (Å²) in [4.78, 5) is 24.5. The molecule has 1 unspecified atom stereocenters. The predicted molar refractivity (Wildman–Crippen MR) is 90.1 cm³/mol. The van der Waals surface area contributed by atoms with Gasteiger partial charge in [0.1, 0.15) is 17.4 Å². The summed E-state index contributed by atoms with van der Waals surface area (Å²) in [6.45, 7) is 1.51. The molecule has 2 aromatic carbocycles. The second kappa shape index (κ2) is 7.11. The monoisotopic (exact) mass is 360 g/mol. The van der Waals surface area contributed by atoms with Crippen LogP contribution in [0.1, 0.15) is 25.3 Å². The highest BCUT2D eigenvalue weighted by molar-refractivity contribution is 5.93. The molecule has 0 aromatic heterocycles. The maximum absolute atomic E-state index is 13.0. The van der Waals surface area contributed by atoms with Crippen LogP contribution < -0.4 is 15.6 Å². The molecule has 2 aromatic rings. The topological polar surface area (TPSA) is 67.4 Å². The first-order valence-electron chi connectivity index (χ1n) is 8.19. The van der Waals surface area contributed by atoms with Gasteiger partial charge in [0.15, 0.2) is 6.10 Å². The number of halogens is 2. The number of carbonyl (C=O) groups excluding carboxylic acids is 2. The van der Waals surface area contributed by atoms with Crippen LogP contribution in [0, 0.1) is 11.6 Å². The Balaban J connectivity index is 1.54. The van der Waals surface area contributed by atoms with Gasteiger partial charge in [-0.05, 0) is 61.7 Å². The Morgan fingerprint density at radius 3 is 2.04 bits per heavy atom. The van der Waals surface area contributed by atoms with E-state index in [0.717, 1.165) is 0 Å². The van der Waals surface area contributed by atoms with Crippen LogP contribution in [0.25, 0.3) is 0 Å². The van der Waals surface area contributed by atoms with Gasteiger partial charge in [-0.1, -0.05) is 12.1 Å². The minimum atomic E-state index is -0.887. The van der Waals surface area contributed by atoms with Crippen LogP contribution in [0.2, 0.25) is 0 Å². The fourth-order valence-corrected chi connectivity index (χ4v) is 2.65. The van der Waals surface area contributed by atoms with E-state index >= 15 is 0 Å². The van der Waals surface area contributed by atoms with Crippen LogP contribution >= 0.6 is 0 Å². The number of nitrogens with one attached hydrogen (secondary N) is 2. The number of ether oxygens (including phenoxy) is 1. The first kappa shape index (κ1) is 17.8. The molecule has 0 radical (unpaired) electrons. The first-order valence-corrected chi connectivity index (χ1v) is 8.19. The van der Waals surface area contributed by atoms with E-state index in [-0.39, 0.29) is 11.7 Å². The maximum Gasteiger partial charge on any atom is 0.279 e. The van der Waals surface area contributed by atoms with Crippen molar-refractivity contribution in [2.24, 2.45) is 0 Å². The Morgan fingerprint density at radius 1 is 0.962 bits per heavy atom. The summed E-state index contributed by atoms with van der Waals surface area (Å²) in [6.07, 6.45) is 0.367. The minimum Gasteiger partial charge on any atom is -0.481 e.